The van der Waals surface area contributed by atoms with Gasteiger partial charge in [-0.05, 0) is 59.0 Å². The van der Waals surface area contributed by atoms with Gasteiger partial charge in [0.15, 0.2) is 0 Å². The molecule has 0 atom stereocenters. The third-order valence-electron chi connectivity index (χ3n) is 6.54. The standard InChI is InChI=1S/C34H25O.ClHO4/c1-24-22-30(29-21-13-5-12-20-28(24)29)31-23-32(25-14-6-2-7-15-25)35-34(27-18-10-4-11-19-27)33(31)26-16-8-3-9-17-26;2-1(3,4)5/h2-23H,1H3;(H,2,3,4,5)/q+1;/p-1. The highest BCUT2D eigenvalue weighted by Gasteiger charge is 2.30. The summed E-state index contributed by atoms with van der Waals surface area (Å²) >= 11 is 0. The summed E-state index contributed by atoms with van der Waals surface area (Å²) < 4.78 is 40.7. The molecule has 6 rings (SSSR count). The number of hydrogen-bond donors (Lipinski definition) is 0. The Hall–Kier alpha value is -4.36. The first-order valence-corrected chi connectivity index (χ1v) is 13.8. The van der Waals surface area contributed by atoms with E-state index in [9.17, 15) is 0 Å². The van der Waals surface area contributed by atoms with E-state index in [0.29, 0.717) is 0 Å². The zero-order valence-corrected chi connectivity index (χ0v) is 22.4. The Balaban J connectivity index is 0.000000595. The van der Waals surface area contributed by atoms with Gasteiger partial charge in [-0.25, -0.2) is 23.1 Å². The van der Waals surface area contributed by atoms with Crippen molar-refractivity contribution in [1.82, 2.24) is 0 Å². The van der Waals surface area contributed by atoms with Crippen LogP contribution < -0.4 is 18.6 Å². The van der Waals surface area contributed by atoms with E-state index in [2.05, 4.69) is 128 Å². The molecule has 198 valence electrons. The summed E-state index contributed by atoms with van der Waals surface area (Å²) in [7, 11) is -4.94. The number of rotatable bonds is 4. The molecule has 1 heterocycles. The van der Waals surface area contributed by atoms with Crippen LogP contribution in [0, 0.1) is 17.2 Å². The average Bonchev–Trinajstić information content (AvgIpc) is 3.11. The summed E-state index contributed by atoms with van der Waals surface area (Å²) in [5.41, 5.74) is 10.5. The second-order valence-corrected chi connectivity index (χ2v) is 9.94. The van der Waals surface area contributed by atoms with Crippen molar-refractivity contribution in [3.05, 3.63) is 139 Å². The van der Waals surface area contributed by atoms with Gasteiger partial charge in [0, 0.05) is 5.56 Å². The van der Waals surface area contributed by atoms with E-state index in [-0.39, 0.29) is 0 Å². The van der Waals surface area contributed by atoms with Crippen LogP contribution in [0.3, 0.4) is 0 Å². The fourth-order valence-corrected chi connectivity index (χ4v) is 4.88. The number of benzene rings is 3. The molecule has 4 aromatic rings. The highest BCUT2D eigenvalue weighted by molar-refractivity contribution is 5.99. The van der Waals surface area contributed by atoms with Crippen LogP contribution in [0.4, 0.5) is 0 Å². The first-order valence-electron chi connectivity index (χ1n) is 12.6. The zero-order valence-electron chi connectivity index (χ0n) is 21.6. The molecular formula is C34H25ClO5. The predicted octanol–water partition coefficient (Wildman–Crippen LogP) is 4.89. The number of aryl methyl sites for hydroxylation is 1. The Morgan fingerprint density at radius 1 is 0.475 bits per heavy atom. The van der Waals surface area contributed by atoms with Crippen LogP contribution in [0.1, 0.15) is 5.56 Å². The van der Waals surface area contributed by atoms with Crippen molar-refractivity contribution in [1.29, 1.82) is 0 Å². The zero-order chi connectivity index (χ0) is 28.1. The van der Waals surface area contributed by atoms with E-state index >= 15 is 0 Å². The highest BCUT2D eigenvalue weighted by Crippen LogP contribution is 2.47. The number of halogens is 1. The number of hydrogen-bond acceptors (Lipinski definition) is 4. The fourth-order valence-electron chi connectivity index (χ4n) is 4.88. The molecule has 0 fully saturated rings. The molecule has 6 heteroatoms. The van der Waals surface area contributed by atoms with Gasteiger partial charge >= 0.3 is 11.5 Å². The minimum Gasteiger partial charge on any atom is -0.222 e. The summed E-state index contributed by atoms with van der Waals surface area (Å²) in [5.74, 6) is 1.73. The van der Waals surface area contributed by atoms with E-state index < -0.39 is 10.2 Å². The molecule has 40 heavy (non-hydrogen) atoms. The molecule has 0 saturated heterocycles. The van der Waals surface area contributed by atoms with E-state index in [4.69, 9.17) is 23.1 Å². The Morgan fingerprint density at radius 3 is 1.48 bits per heavy atom. The lowest BCUT2D eigenvalue weighted by molar-refractivity contribution is -2.00. The van der Waals surface area contributed by atoms with Gasteiger partial charge in [-0.15, -0.1) is 10.2 Å². The molecule has 0 N–H and O–H groups in total. The van der Waals surface area contributed by atoms with Crippen molar-refractivity contribution in [2.45, 2.75) is 6.92 Å². The van der Waals surface area contributed by atoms with Crippen molar-refractivity contribution < 1.29 is 33.3 Å². The second-order valence-electron chi connectivity index (χ2n) is 9.18. The van der Waals surface area contributed by atoms with Crippen LogP contribution >= 0.6 is 0 Å². The third-order valence-corrected chi connectivity index (χ3v) is 6.54. The highest BCUT2D eigenvalue weighted by atomic mass is 35.7. The van der Waals surface area contributed by atoms with Crippen LogP contribution in [0.2, 0.25) is 0 Å². The molecule has 2 aliphatic carbocycles. The lowest BCUT2D eigenvalue weighted by Gasteiger charge is -2.17. The maximum atomic E-state index is 8.49. The van der Waals surface area contributed by atoms with Crippen LogP contribution in [0.25, 0.3) is 56.0 Å². The Kier molecular flexibility index (Phi) is 8.03. The lowest BCUT2D eigenvalue weighted by atomic mass is 9.90. The quantitative estimate of drug-likeness (QED) is 0.292. The van der Waals surface area contributed by atoms with Gasteiger partial charge < -0.3 is 0 Å². The molecule has 0 aliphatic heterocycles. The summed E-state index contributed by atoms with van der Waals surface area (Å²) in [6.07, 6.45) is 0. The fraction of sp³-hybridized carbons (Fsp3) is 0.0294. The van der Waals surface area contributed by atoms with Gasteiger partial charge in [-0.1, -0.05) is 103 Å². The van der Waals surface area contributed by atoms with Crippen LogP contribution in [0.15, 0.2) is 138 Å². The largest absolute Gasteiger partial charge is 0.369 e. The average molecular weight is 549 g/mol. The Morgan fingerprint density at radius 2 is 0.925 bits per heavy atom. The summed E-state index contributed by atoms with van der Waals surface area (Å²) in [4.78, 5) is 0. The van der Waals surface area contributed by atoms with Gasteiger partial charge in [0.2, 0.25) is 0 Å². The normalized spacial score (nSPS) is 11.1. The lowest BCUT2D eigenvalue weighted by Crippen LogP contribution is -2.68. The molecule has 1 aromatic heterocycles. The molecule has 0 unspecified atom stereocenters. The Bertz CT molecular complexity index is 1680. The van der Waals surface area contributed by atoms with E-state index in [0.717, 1.165) is 33.8 Å². The van der Waals surface area contributed by atoms with Gasteiger partial charge in [0.05, 0.1) is 22.8 Å². The first-order chi connectivity index (χ1) is 19.3. The molecule has 5 nitrogen and oxygen atoms in total. The SMILES string of the molecule is Cc1cc(-c2cc(-c3ccccc3)[o+]c(-c3ccccc3)c2-c2ccccc2)c2cccccc1-2.[O-][Cl+3]([O-])([O-])[O-]. The van der Waals surface area contributed by atoms with E-state index in [1.165, 1.54) is 27.8 Å². The molecule has 0 spiro atoms. The maximum absolute atomic E-state index is 8.49. The van der Waals surface area contributed by atoms with Gasteiger partial charge in [-0.2, -0.15) is 0 Å². The number of fused-ring (bicyclic) bond motifs is 1. The second kappa shape index (κ2) is 11.8. The monoisotopic (exact) mass is 548 g/mol. The first kappa shape index (κ1) is 27.2. The van der Waals surface area contributed by atoms with Crippen LogP contribution in [-0.2, 0) is 0 Å². The molecule has 3 aromatic carbocycles. The topological polar surface area (TPSA) is 104 Å². The minimum atomic E-state index is -4.94. The predicted molar refractivity (Wildman–Crippen MR) is 146 cm³/mol. The van der Waals surface area contributed by atoms with Crippen LogP contribution in [-0.4, -0.2) is 0 Å². The summed E-state index contributed by atoms with van der Waals surface area (Å²) in [5, 5.41) is 0. The molecular weight excluding hydrogens is 524 g/mol. The third kappa shape index (κ3) is 6.26. The van der Waals surface area contributed by atoms with Gasteiger partial charge in [0.1, 0.15) is 0 Å². The van der Waals surface area contributed by atoms with E-state index in [1.807, 2.05) is 12.1 Å². The van der Waals surface area contributed by atoms with Crippen molar-refractivity contribution >= 4 is 0 Å². The summed E-state index contributed by atoms with van der Waals surface area (Å²) in [6.45, 7) is 2.19. The smallest absolute Gasteiger partial charge is 0.222 e. The van der Waals surface area contributed by atoms with Crippen molar-refractivity contribution in [2.24, 2.45) is 0 Å². The molecule has 0 radical (unpaired) electrons. The summed E-state index contributed by atoms with van der Waals surface area (Å²) in [6, 6.07) is 46.6. The minimum absolute atomic E-state index is 0.853. The van der Waals surface area contributed by atoms with E-state index in [1.54, 1.807) is 0 Å². The van der Waals surface area contributed by atoms with Gasteiger partial charge in [-0.3, -0.25) is 0 Å². The van der Waals surface area contributed by atoms with Crippen molar-refractivity contribution in [2.75, 3.05) is 0 Å². The van der Waals surface area contributed by atoms with Crippen molar-refractivity contribution in [3.8, 4) is 56.0 Å². The molecule has 0 bridgehead atoms. The molecule has 2 aliphatic rings. The maximum Gasteiger partial charge on any atom is 0.369 e. The van der Waals surface area contributed by atoms with Crippen LogP contribution in [0.5, 0.6) is 0 Å². The molecule has 0 amide bonds. The van der Waals surface area contributed by atoms with Crippen molar-refractivity contribution in [3.63, 3.8) is 0 Å². The Labute approximate surface area is 235 Å². The molecule has 0 saturated carbocycles. The van der Waals surface area contributed by atoms with Gasteiger partial charge in [0.25, 0.3) is 0 Å².